The Kier molecular flexibility index (Phi) is 14.8. The van der Waals surface area contributed by atoms with E-state index in [1.54, 1.807) is 7.11 Å². The maximum Gasteiger partial charge on any atom is 0.323 e. The first-order valence-electron chi connectivity index (χ1n) is 17.7. The van der Waals surface area contributed by atoms with Gasteiger partial charge in [-0.2, -0.15) is 10.1 Å². The zero-order chi connectivity index (χ0) is 34.1. The van der Waals surface area contributed by atoms with Gasteiger partial charge in [0.25, 0.3) is 0 Å². The lowest BCUT2D eigenvalue weighted by atomic mass is 9.76. The molecule has 9 heteroatoms. The molecule has 0 aromatic rings. The highest BCUT2D eigenvalue weighted by molar-refractivity contribution is 6.00. The molecule has 2 heterocycles. The number of hydroxylamine groups is 4. The van der Waals surface area contributed by atoms with Crippen LogP contribution >= 0.6 is 0 Å². The number of esters is 2. The van der Waals surface area contributed by atoms with Gasteiger partial charge in [0.1, 0.15) is 12.2 Å². The largest absolute Gasteiger partial charge is 0.461 e. The van der Waals surface area contributed by atoms with E-state index in [0.29, 0.717) is 45.1 Å². The van der Waals surface area contributed by atoms with Crippen LogP contribution in [0.4, 0.5) is 0 Å². The summed E-state index contributed by atoms with van der Waals surface area (Å²) in [5, 5.41) is 24.4. The molecule has 0 amide bonds. The molecule has 2 fully saturated rings. The van der Waals surface area contributed by atoms with Gasteiger partial charge in [-0.3, -0.25) is 9.59 Å². The highest BCUT2D eigenvalue weighted by atomic mass is 16.6. The molecule has 0 atom stereocenters. The van der Waals surface area contributed by atoms with Crippen LogP contribution < -0.4 is 0 Å². The Balaban J connectivity index is 2.31. The Morgan fingerprint density at radius 3 is 1.31 bits per heavy atom. The zero-order valence-electron chi connectivity index (χ0n) is 30.5. The van der Waals surface area contributed by atoms with Crippen molar-refractivity contribution in [3.05, 3.63) is 0 Å². The molecule has 9 nitrogen and oxygen atoms in total. The number of methoxy groups -OCH3 is 1. The lowest BCUT2D eigenvalue weighted by molar-refractivity contribution is -0.263. The van der Waals surface area contributed by atoms with Gasteiger partial charge in [0.05, 0.1) is 0 Å². The number of nitrogens with zero attached hydrogens (tertiary/aromatic N) is 2. The second-order valence-corrected chi connectivity index (χ2v) is 16.5. The molecule has 0 aliphatic carbocycles. The van der Waals surface area contributed by atoms with E-state index in [0.717, 1.165) is 25.7 Å². The normalized spacial score (nSPS) is 22.3. The van der Waals surface area contributed by atoms with E-state index in [4.69, 9.17) is 14.2 Å². The van der Waals surface area contributed by atoms with Gasteiger partial charge in [-0.05, 0) is 74.7 Å². The monoisotopic (exact) mass is 641 g/mol. The molecule has 2 aliphatic rings. The molecule has 0 bridgehead atoms. The Labute approximate surface area is 274 Å². The number of carbonyl (C=O) groups is 2. The van der Waals surface area contributed by atoms with Crippen molar-refractivity contribution in [2.75, 3.05) is 13.7 Å². The van der Waals surface area contributed by atoms with E-state index in [9.17, 15) is 20.0 Å². The molecular weight excluding hydrogens is 572 g/mol. The van der Waals surface area contributed by atoms with Gasteiger partial charge in [0.15, 0.2) is 5.41 Å². The van der Waals surface area contributed by atoms with Crippen molar-refractivity contribution in [3.63, 3.8) is 0 Å². The molecule has 2 N–H and O–H groups in total. The first-order chi connectivity index (χ1) is 20.8. The van der Waals surface area contributed by atoms with E-state index >= 15 is 0 Å². The predicted octanol–water partition coefficient (Wildman–Crippen LogP) is 8.23. The fourth-order valence-corrected chi connectivity index (χ4v) is 7.92. The number of ether oxygens (including phenoxy) is 3. The third kappa shape index (κ3) is 10.9. The van der Waals surface area contributed by atoms with E-state index in [2.05, 4.69) is 6.92 Å². The van der Waals surface area contributed by atoms with Crippen molar-refractivity contribution < 1.29 is 34.2 Å². The SMILES string of the molecule is CCCCCCCCCCCC(CCCOC)(C(=O)OC1CC(C)(C)N(O)C(C)(C)C1)C(=O)OC1CC(C)(C)N(O)C(C)(C)C1. The molecule has 0 radical (unpaired) electrons. The Hall–Kier alpha value is -1.26. The minimum Gasteiger partial charge on any atom is -0.461 e. The standard InChI is InChI=1S/C36H68N2O7/c1-11-12-13-14-15-16-17-18-19-21-36(22-20-23-43-10,30(39)44-28-24-32(2,3)37(41)33(4,5)25-28)31(40)45-29-26-34(6,7)38(42)35(8,9)27-29/h28-29,41-42H,11-27H2,1-10H3. The van der Waals surface area contributed by atoms with Gasteiger partial charge in [0.2, 0.25) is 0 Å². The van der Waals surface area contributed by atoms with Crippen molar-refractivity contribution >= 4 is 11.9 Å². The maximum atomic E-state index is 14.4. The summed E-state index contributed by atoms with van der Waals surface area (Å²) in [5.74, 6) is -1.05. The van der Waals surface area contributed by atoms with Crippen LogP contribution in [0, 0.1) is 5.41 Å². The molecule has 0 saturated carbocycles. The van der Waals surface area contributed by atoms with Crippen molar-refractivity contribution in [2.24, 2.45) is 5.41 Å². The Bertz CT molecular complexity index is 840. The predicted molar refractivity (Wildman–Crippen MR) is 177 cm³/mol. The number of carbonyl (C=O) groups excluding carboxylic acids is 2. The van der Waals surface area contributed by atoms with Crippen LogP contribution in [0.15, 0.2) is 0 Å². The molecule has 264 valence electrons. The van der Waals surface area contributed by atoms with Crippen LogP contribution in [0.5, 0.6) is 0 Å². The number of rotatable bonds is 18. The zero-order valence-corrected chi connectivity index (χ0v) is 30.5. The topological polar surface area (TPSA) is 109 Å². The number of hydrogen-bond acceptors (Lipinski definition) is 9. The third-order valence-electron chi connectivity index (χ3n) is 10.2. The van der Waals surface area contributed by atoms with Crippen molar-refractivity contribution in [3.8, 4) is 0 Å². The summed E-state index contributed by atoms with van der Waals surface area (Å²) in [4.78, 5) is 28.8. The molecule has 45 heavy (non-hydrogen) atoms. The highest BCUT2D eigenvalue weighted by Crippen LogP contribution is 2.43. The fraction of sp³-hybridized carbons (Fsp3) is 0.944. The van der Waals surface area contributed by atoms with Gasteiger partial charge in [-0.15, -0.1) is 0 Å². The second kappa shape index (κ2) is 16.7. The molecule has 2 aliphatic heterocycles. The van der Waals surface area contributed by atoms with Gasteiger partial charge in [-0.25, -0.2) is 0 Å². The van der Waals surface area contributed by atoms with Crippen molar-refractivity contribution in [1.82, 2.24) is 10.1 Å². The first-order valence-corrected chi connectivity index (χ1v) is 17.7. The summed E-state index contributed by atoms with van der Waals surface area (Å²) in [6.45, 7) is 18.2. The summed E-state index contributed by atoms with van der Waals surface area (Å²) >= 11 is 0. The van der Waals surface area contributed by atoms with Crippen LogP contribution in [0.2, 0.25) is 0 Å². The van der Waals surface area contributed by atoms with Gasteiger partial charge < -0.3 is 24.6 Å². The van der Waals surface area contributed by atoms with E-state index in [1.165, 1.54) is 42.2 Å². The van der Waals surface area contributed by atoms with Gasteiger partial charge >= 0.3 is 11.9 Å². The summed E-state index contributed by atoms with van der Waals surface area (Å²) < 4.78 is 17.9. The summed E-state index contributed by atoms with van der Waals surface area (Å²) in [6.07, 6.45) is 12.3. The molecular formula is C36H68N2O7. The molecule has 0 unspecified atom stereocenters. The van der Waals surface area contributed by atoms with E-state index in [-0.39, 0.29) is 6.42 Å². The quantitative estimate of drug-likeness (QED) is 0.0870. The van der Waals surface area contributed by atoms with Gasteiger partial charge in [-0.1, -0.05) is 64.7 Å². The first kappa shape index (κ1) is 39.9. The summed E-state index contributed by atoms with van der Waals surface area (Å²) in [5.41, 5.74) is -3.84. The van der Waals surface area contributed by atoms with Crippen LogP contribution in [0.25, 0.3) is 0 Å². The summed E-state index contributed by atoms with van der Waals surface area (Å²) in [6, 6.07) is 0. The molecule has 0 aromatic carbocycles. The summed E-state index contributed by atoms with van der Waals surface area (Å²) in [7, 11) is 1.62. The lowest BCUT2D eigenvalue weighted by Gasteiger charge is -2.51. The number of hydrogen-bond donors (Lipinski definition) is 2. The van der Waals surface area contributed by atoms with Crippen LogP contribution in [-0.2, 0) is 23.8 Å². The number of unbranched alkanes of at least 4 members (excludes halogenated alkanes) is 8. The van der Waals surface area contributed by atoms with Crippen LogP contribution in [-0.4, -0.2) is 80.6 Å². The van der Waals surface area contributed by atoms with E-state index < -0.39 is 51.7 Å². The van der Waals surface area contributed by atoms with Gasteiger partial charge in [0, 0.05) is 61.6 Å². The molecule has 2 rings (SSSR count). The Morgan fingerprint density at radius 2 is 0.956 bits per heavy atom. The average Bonchev–Trinajstić information content (AvgIpc) is 2.92. The third-order valence-corrected chi connectivity index (χ3v) is 10.2. The molecule has 0 spiro atoms. The lowest BCUT2D eigenvalue weighted by Crippen LogP contribution is -2.61. The second-order valence-electron chi connectivity index (χ2n) is 16.5. The average molecular weight is 641 g/mol. The fourth-order valence-electron chi connectivity index (χ4n) is 7.92. The highest BCUT2D eigenvalue weighted by Gasteiger charge is 2.54. The maximum absolute atomic E-state index is 14.4. The van der Waals surface area contributed by atoms with Crippen LogP contribution in [0.3, 0.4) is 0 Å². The molecule has 0 aromatic heterocycles. The smallest absolute Gasteiger partial charge is 0.323 e. The van der Waals surface area contributed by atoms with Crippen LogP contribution in [0.1, 0.15) is 165 Å². The Morgan fingerprint density at radius 1 is 0.622 bits per heavy atom. The minimum absolute atomic E-state index is 0.285. The minimum atomic E-state index is -1.45. The molecule has 2 saturated heterocycles. The van der Waals surface area contributed by atoms with Crippen molar-refractivity contribution in [2.45, 2.75) is 199 Å². The number of piperidine rings is 2. The van der Waals surface area contributed by atoms with E-state index in [1.807, 2.05) is 55.4 Å². The van der Waals surface area contributed by atoms with Crippen molar-refractivity contribution in [1.29, 1.82) is 0 Å².